The number of likely N-dealkylation sites (tertiary alicyclic amines) is 1. The van der Waals surface area contributed by atoms with Crippen molar-refractivity contribution in [2.24, 2.45) is 17.8 Å². The number of benzene rings is 1. The Morgan fingerprint density at radius 1 is 1.21 bits per heavy atom. The van der Waals surface area contributed by atoms with Crippen molar-refractivity contribution < 1.29 is 19.4 Å². The van der Waals surface area contributed by atoms with Crippen molar-refractivity contribution in [1.29, 1.82) is 0 Å². The lowest BCUT2D eigenvalue weighted by atomic mass is 9.77. The van der Waals surface area contributed by atoms with Crippen LogP contribution in [0, 0.1) is 24.7 Å². The first-order valence-electron chi connectivity index (χ1n) is 10.4. The zero-order valence-electron chi connectivity index (χ0n) is 16.7. The van der Waals surface area contributed by atoms with E-state index < -0.39 is 0 Å². The maximum absolute atomic E-state index is 13.0. The molecule has 152 valence electrons. The standard InChI is InChI=1S/C22H30N2O4/c1-13-3-6-20(26)18(7-13)22(27)24-10-16-8-19(23-14(2)25)21(9-17(16)11-24)28-12-15-4-5-15/h3,6-7,15-17,19,21,26H,4-5,8-12H2,1-2H3,(H,23,25)/t16-,17+,19-,21-/m1/s1. The summed E-state index contributed by atoms with van der Waals surface area (Å²) in [5, 5.41) is 13.2. The highest BCUT2D eigenvalue weighted by Gasteiger charge is 2.44. The molecule has 0 bridgehead atoms. The molecule has 2 saturated carbocycles. The summed E-state index contributed by atoms with van der Waals surface area (Å²) < 4.78 is 6.19. The van der Waals surface area contributed by atoms with Crippen LogP contribution in [-0.4, -0.2) is 53.7 Å². The average Bonchev–Trinajstić information content (AvgIpc) is 3.39. The number of fused-ring (bicyclic) bond motifs is 1. The second-order valence-corrected chi connectivity index (χ2v) is 8.84. The summed E-state index contributed by atoms with van der Waals surface area (Å²) >= 11 is 0. The van der Waals surface area contributed by atoms with Crippen molar-refractivity contribution in [2.75, 3.05) is 19.7 Å². The Hall–Kier alpha value is -2.08. The van der Waals surface area contributed by atoms with E-state index in [9.17, 15) is 14.7 Å². The molecule has 4 atom stereocenters. The second-order valence-electron chi connectivity index (χ2n) is 8.84. The second kappa shape index (κ2) is 7.74. The van der Waals surface area contributed by atoms with E-state index in [0.717, 1.165) is 25.0 Å². The number of amides is 2. The van der Waals surface area contributed by atoms with E-state index in [1.807, 2.05) is 11.8 Å². The van der Waals surface area contributed by atoms with Gasteiger partial charge in [0.25, 0.3) is 5.91 Å². The van der Waals surface area contributed by atoms with Crippen molar-refractivity contribution in [3.05, 3.63) is 29.3 Å². The summed E-state index contributed by atoms with van der Waals surface area (Å²) in [4.78, 5) is 26.5. The predicted octanol–water partition coefficient (Wildman–Crippen LogP) is 2.48. The smallest absolute Gasteiger partial charge is 0.257 e. The molecule has 4 rings (SSSR count). The number of aromatic hydroxyl groups is 1. The van der Waals surface area contributed by atoms with E-state index in [1.165, 1.54) is 12.8 Å². The van der Waals surface area contributed by atoms with Gasteiger partial charge in [-0.3, -0.25) is 9.59 Å². The van der Waals surface area contributed by atoms with Crippen LogP contribution < -0.4 is 5.32 Å². The van der Waals surface area contributed by atoms with Gasteiger partial charge in [0, 0.05) is 26.6 Å². The lowest BCUT2D eigenvalue weighted by Crippen LogP contribution is -2.50. The topological polar surface area (TPSA) is 78.9 Å². The molecule has 1 aromatic carbocycles. The summed E-state index contributed by atoms with van der Waals surface area (Å²) in [6, 6.07) is 5.15. The largest absolute Gasteiger partial charge is 0.507 e. The van der Waals surface area contributed by atoms with Crippen LogP contribution in [0.4, 0.5) is 0 Å². The zero-order valence-corrected chi connectivity index (χ0v) is 16.7. The first kappa shape index (κ1) is 19.2. The Kier molecular flexibility index (Phi) is 5.32. The number of aryl methyl sites for hydroxylation is 1. The monoisotopic (exact) mass is 386 g/mol. The highest BCUT2D eigenvalue weighted by Crippen LogP contribution is 2.39. The van der Waals surface area contributed by atoms with E-state index in [-0.39, 0.29) is 29.7 Å². The lowest BCUT2D eigenvalue weighted by molar-refractivity contribution is -0.122. The maximum Gasteiger partial charge on any atom is 0.257 e. The number of carbonyl (C=O) groups excluding carboxylic acids is 2. The van der Waals surface area contributed by atoms with Gasteiger partial charge < -0.3 is 20.1 Å². The molecule has 3 aliphatic rings. The van der Waals surface area contributed by atoms with Gasteiger partial charge >= 0.3 is 0 Å². The van der Waals surface area contributed by atoms with Crippen LogP contribution in [0.25, 0.3) is 0 Å². The number of phenols is 1. The van der Waals surface area contributed by atoms with Crippen molar-refractivity contribution >= 4 is 11.8 Å². The normalized spacial score (nSPS) is 29.4. The van der Waals surface area contributed by atoms with Gasteiger partial charge in [-0.2, -0.15) is 0 Å². The van der Waals surface area contributed by atoms with Gasteiger partial charge in [-0.1, -0.05) is 11.6 Å². The number of ether oxygens (including phenoxy) is 1. The molecular formula is C22H30N2O4. The first-order valence-corrected chi connectivity index (χ1v) is 10.4. The van der Waals surface area contributed by atoms with E-state index in [2.05, 4.69) is 5.32 Å². The lowest BCUT2D eigenvalue weighted by Gasteiger charge is -2.38. The minimum atomic E-state index is -0.109. The summed E-state index contributed by atoms with van der Waals surface area (Å²) in [5.74, 6) is 1.31. The number of hydrogen-bond acceptors (Lipinski definition) is 4. The molecule has 0 radical (unpaired) electrons. The summed E-state index contributed by atoms with van der Waals surface area (Å²) in [5.41, 5.74) is 1.33. The van der Waals surface area contributed by atoms with Crippen LogP contribution >= 0.6 is 0 Å². The number of phenolic OH excluding ortho intramolecular Hbond substituents is 1. The van der Waals surface area contributed by atoms with Crippen LogP contribution in [0.2, 0.25) is 0 Å². The van der Waals surface area contributed by atoms with Gasteiger partial charge in [0.1, 0.15) is 5.75 Å². The van der Waals surface area contributed by atoms with E-state index in [4.69, 9.17) is 4.74 Å². The van der Waals surface area contributed by atoms with Crippen molar-refractivity contribution in [1.82, 2.24) is 10.2 Å². The van der Waals surface area contributed by atoms with E-state index in [0.29, 0.717) is 36.4 Å². The predicted molar refractivity (Wildman–Crippen MR) is 105 cm³/mol. The quantitative estimate of drug-likeness (QED) is 0.815. The molecule has 1 saturated heterocycles. The van der Waals surface area contributed by atoms with Gasteiger partial charge in [0.05, 0.1) is 17.7 Å². The molecule has 1 aliphatic heterocycles. The highest BCUT2D eigenvalue weighted by molar-refractivity contribution is 5.97. The van der Waals surface area contributed by atoms with Gasteiger partial charge in [0.15, 0.2) is 0 Å². The fourth-order valence-electron chi connectivity index (χ4n) is 4.71. The molecule has 28 heavy (non-hydrogen) atoms. The number of rotatable bonds is 5. The van der Waals surface area contributed by atoms with Gasteiger partial charge in [0.2, 0.25) is 5.91 Å². The molecule has 1 aromatic rings. The molecule has 0 spiro atoms. The number of nitrogens with one attached hydrogen (secondary N) is 1. The zero-order chi connectivity index (χ0) is 19.8. The third-order valence-corrected chi connectivity index (χ3v) is 6.42. The molecule has 2 amide bonds. The van der Waals surface area contributed by atoms with Crippen LogP contribution in [0.15, 0.2) is 18.2 Å². The Morgan fingerprint density at radius 3 is 2.61 bits per heavy atom. The Bertz CT molecular complexity index is 761. The molecule has 1 heterocycles. The molecule has 2 N–H and O–H groups in total. The SMILES string of the molecule is CC(=O)N[C@@H]1C[C@@H]2CN(C(=O)c3cc(C)ccc3O)C[C@@H]2C[C@H]1OCC1CC1. The Balaban J connectivity index is 1.45. The minimum absolute atomic E-state index is 0.0138. The molecule has 0 aromatic heterocycles. The highest BCUT2D eigenvalue weighted by atomic mass is 16.5. The van der Waals surface area contributed by atoms with E-state index >= 15 is 0 Å². The number of carbonyl (C=O) groups is 2. The molecule has 3 fully saturated rings. The summed E-state index contributed by atoms with van der Waals surface area (Å²) in [6.45, 7) is 5.60. The molecule has 6 nitrogen and oxygen atoms in total. The van der Waals surface area contributed by atoms with Crippen molar-refractivity contribution in [2.45, 2.75) is 51.7 Å². The molecule has 2 aliphatic carbocycles. The first-order chi connectivity index (χ1) is 13.4. The van der Waals surface area contributed by atoms with Crippen LogP contribution in [0.1, 0.15) is 48.5 Å². The molecule has 6 heteroatoms. The van der Waals surface area contributed by atoms with Crippen LogP contribution in [0.3, 0.4) is 0 Å². The van der Waals surface area contributed by atoms with Crippen LogP contribution in [0.5, 0.6) is 5.75 Å². The van der Waals surface area contributed by atoms with Gasteiger partial charge in [-0.15, -0.1) is 0 Å². The average molecular weight is 386 g/mol. The van der Waals surface area contributed by atoms with E-state index in [1.54, 1.807) is 25.1 Å². The third-order valence-electron chi connectivity index (χ3n) is 6.42. The van der Waals surface area contributed by atoms with Gasteiger partial charge in [-0.25, -0.2) is 0 Å². The maximum atomic E-state index is 13.0. The van der Waals surface area contributed by atoms with Crippen molar-refractivity contribution in [3.63, 3.8) is 0 Å². The fourth-order valence-corrected chi connectivity index (χ4v) is 4.71. The molecular weight excluding hydrogens is 356 g/mol. The minimum Gasteiger partial charge on any atom is -0.507 e. The van der Waals surface area contributed by atoms with Crippen LogP contribution in [-0.2, 0) is 9.53 Å². The third kappa shape index (κ3) is 4.17. The number of nitrogens with zero attached hydrogens (tertiary/aromatic N) is 1. The summed E-state index contributed by atoms with van der Waals surface area (Å²) in [6.07, 6.45) is 4.21. The summed E-state index contributed by atoms with van der Waals surface area (Å²) in [7, 11) is 0. The Labute approximate surface area is 166 Å². The molecule has 0 unspecified atom stereocenters. The Morgan fingerprint density at radius 2 is 1.93 bits per heavy atom. The number of hydrogen-bond donors (Lipinski definition) is 2. The van der Waals surface area contributed by atoms with Gasteiger partial charge in [-0.05, 0) is 62.5 Å². The fraction of sp³-hybridized carbons (Fsp3) is 0.636. The van der Waals surface area contributed by atoms with Crippen molar-refractivity contribution in [3.8, 4) is 5.75 Å².